The molecule has 2 aromatic carbocycles. The van der Waals surface area contributed by atoms with E-state index in [9.17, 15) is 19.1 Å². The predicted molar refractivity (Wildman–Crippen MR) is 116 cm³/mol. The SMILES string of the molecule is Cc1cc(C(=O)NCC(O)c2cccc(F)c2)cc(C)c1OCC(=O)N1CCCCC1. The third-order valence-electron chi connectivity index (χ3n) is 5.46. The number of carbonyl (C=O) groups is 2. The summed E-state index contributed by atoms with van der Waals surface area (Å²) in [5.74, 6) is -0.213. The van der Waals surface area contributed by atoms with Gasteiger partial charge in [0.25, 0.3) is 11.8 Å². The summed E-state index contributed by atoms with van der Waals surface area (Å²) < 4.78 is 19.1. The number of amides is 2. The molecule has 0 aromatic heterocycles. The van der Waals surface area contributed by atoms with Crippen LogP contribution >= 0.6 is 0 Å². The van der Waals surface area contributed by atoms with E-state index >= 15 is 0 Å². The van der Waals surface area contributed by atoms with Crippen LogP contribution in [-0.2, 0) is 4.79 Å². The summed E-state index contributed by atoms with van der Waals surface area (Å²) in [6.45, 7) is 5.15. The van der Waals surface area contributed by atoms with Crippen molar-refractivity contribution in [3.05, 3.63) is 64.5 Å². The number of benzene rings is 2. The van der Waals surface area contributed by atoms with Crippen LogP contribution in [-0.4, -0.2) is 48.1 Å². The van der Waals surface area contributed by atoms with Gasteiger partial charge in [0.15, 0.2) is 6.61 Å². The summed E-state index contributed by atoms with van der Waals surface area (Å²) >= 11 is 0. The molecule has 1 saturated heterocycles. The molecule has 2 aromatic rings. The second-order valence-corrected chi connectivity index (χ2v) is 7.95. The lowest BCUT2D eigenvalue weighted by Crippen LogP contribution is -2.38. The quantitative estimate of drug-likeness (QED) is 0.709. The highest BCUT2D eigenvalue weighted by atomic mass is 19.1. The topological polar surface area (TPSA) is 78.9 Å². The average Bonchev–Trinajstić information content (AvgIpc) is 2.77. The fourth-order valence-corrected chi connectivity index (χ4v) is 3.80. The highest BCUT2D eigenvalue weighted by Crippen LogP contribution is 2.25. The molecule has 1 aliphatic heterocycles. The lowest BCUT2D eigenvalue weighted by Gasteiger charge is -2.26. The van der Waals surface area contributed by atoms with Crippen LogP contribution in [0.15, 0.2) is 36.4 Å². The molecular formula is C24H29FN2O4. The largest absolute Gasteiger partial charge is 0.483 e. The number of hydrogen-bond donors (Lipinski definition) is 2. The van der Waals surface area contributed by atoms with E-state index in [2.05, 4.69) is 5.32 Å². The van der Waals surface area contributed by atoms with Crippen molar-refractivity contribution in [3.8, 4) is 5.75 Å². The maximum absolute atomic E-state index is 13.3. The lowest BCUT2D eigenvalue weighted by atomic mass is 10.0. The number of aryl methyl sites for hydroxylation is 2. The van der Waals surface area contributed by atoms with E-state index in [0.29, 0.717) is 16.9 Å². The number of likely N-dealkylation sites (tertiary alicyclic amines) is 1. The first-order valence-corrected chi connectivity index (χ1v) is 10.6. The van der Waals surface area contributed by atoms with Crippen molar-refractivity contribution < 1.29 is 23.8 Å². The smallest absolute Gasteiger partial charge is 0.260 e. The standard InChI is InChI=1S/C24H29FN2O4/c1-16-11-19(24(30)26-14-21(28)18-7-6-8-20(25)13-18)12-17(2)23(16)31-15-22(29)27-9-4-3-5-10-27/h6-8,11-13,21,28H,3-5,9-10,14-15H2,1-2H3,(H,26,30). The highest BCUT2D eigenvalue weighted by molar-refractivity contribution is 5.95. The van der Waals surface area contributed by atoms with Gasteiger partial charge in [0.1, 0.15) is 11.6 Å². The number of piperidine rings is 1. The molecule has 3 rings (SSSR count). The fourth-order valence-electron chi connectivity index (χ4n) is 3.80. The van der Waals surface area contributed by atoms with E-state index in [4.69, 9.17) is 4.74 Å². The molecule has 1 heterocycles. The van der Waals surface area contributed by atoms with Gasteiger partial charge >= 0.3 is 0 Å². The van der Waals surface area contributed by atoms with E-state index in [1.54, 1.807) is 18.2 Å². The molecule has 0 bridgehead atoms. The van der Waals surface area contributed by atoms with Crippen LogP contribution in [0.2, 0.25) is 0 Å². The highest BCUT2D eigenvalue weighted by Gasteiger charge is 2.19. The minimum Gasteiger partial charge on any atom is -0.483 e. The van der Waals surface area contributed by atoms with E-state index in [1.165, 1.54) is 18.2 Å². The van der Waals surface area contributed by atoms with Gasteiger partial charge in [-0.05, 0) is 74.1 Å². The van der Waals surface area contributed by atoms with Crippen molar-refractivity contribution in [3.63, 3.8) is 0 Å². The van der Waals surface area contributed by atoms with E-state index in [0.717, 1.165) is 43.5 Å². The Kier molecular flexibility index (Phi) is 7.63. The van der Waals surface area contributed by atoms with Gasteiger partial charge < -0.3 is 20.1 Å². The van der Waals surface area contributed by atoms with Gasteiger partial charge in [-0.15, -0.1) is 0 Å². The Morgan fingerprint density at radius 1 is 1.13 bits per heavy atom. The van der Waals surface area contributed by atoms with Crippen LogP contribution in [0.3, 0.4) is 0 Å². The molecule has 6 nitrogen and oxygen atoms in total. The second-order valence-electron chi connectivity index (χ2n) is 7.95. The van der Waals surface area contributed by atoms with Crippen LogP contribution in [0.1, 0.15) is 52.4 Å². The molecule has 0 radical (unpaired) electrons. The van der Waals surface area contributed by atoms with E-state index < -0.39 is 11.9 Å². The number of ether oxygens (including phenoxy) is 1. The Labute approximate surface area is 182 Å². The zero-order valence-corrected chi connectivity index (χ0v) is 18.0. The Balaban J connectivity index is 1.58. The molecule has 1 unspecified atom stereocenters. The van der Waals surface area contributed by atoms with Crippen LogP contribution in [0.5, 0.6) is 5.75 Å². The second kappa shape index (κ2) is 10.4. The van der Waals surface area contributed by atoms with Crippen molar-refractivity contribution >= 4 is 11.8 Å². The van der Waals surface area contributed by atoms with Gasteiger partial charge in [-0.3, -0.25) is 9.59 Å². The summed E-state index contributed by atoms with van der Waals surface area (Å²) in [7, 11) is 0. The number of aliphatic hydroxyl groups excluding tert-OH is 1. The molecule has 1 atom stereocenters. The Morgan fingerprint density at radius 3 is 2.45 bits per heavy atom. The average molecular weight is 429 g/mol. The number of nitrogens with zero attached hydrogens (tertiary/aromatic N) is 1. The van der Waals surface area contributed by atoms with Crippen LogP contribution in [0, 0.1) is 19.7 Å². The van der Waals surface area contributed by atoms with Crippen molar-refractivity contribution in [2.24, 2.45) is 0 Å². The zero-order valence-electron chi connectivity index (χ0n) is 18.0. The van der Waals surface area contributed by atoms with Gasteiger partial charge in [-0.2, -0.15) is 0 Å². The number of carbonyl (C=O) groups excluding carboxylic acids is 2. The first-order chi connectivity index (χ1) is 14.8. The zero-order chi connectivity index (χ0) is 22.4. The number of hydrogen-bond acceptors (Lipinski definition) is 4. The molecule has 2 N–H and O–H groups in total. The molecule has 1 aliphatic rings. The summed E-state index contributed by atoms with van der Waals surface area (Å²) in [6.07, 6.45) is 2.21. The van der Waals surface area contributed by atoms with E-state index in [-0.39, 0.29) is 25.0 Å². The predicted octanol–water partition coefficient (Wildman–Crippen LogP) is 3.30. The molecule has 0 aliphatic carbocycles. The Bertz CT molecular complexity index is 918. The van der Waals surface area contributed by atoms with Crippen LogP contribution in [0.4, 0.5) is 4.39 Å². The van der Waals surface area contributed by atoms with Crippen molar-refractivity contribution in [2.45, 2.75) is 39.2 Å². The fraction of sp³-hybridized carbons (Fsp3) is 0.417. The summed E-state index contributed by atoms with van der Waals surface area (Å²) in [6, 6.07) is 9.03. The molecule has 1 fully saturated rings. The third-order valence-corrected chi connectivity index (χ3v) is 5.46. The normalized spacial score (nSPS) is 14.8. The van der Waals surface area contributed by atoms with Crippen molar-refractivity contribution in [1.82, 2.24) is 10.2 Å². The molecule has 0 spiro atoms. The summed E-state index contributed by atoms with van der Waals surface area (Å²) in [5, 5.41) is 12.9. The number of halogens is 1. The Hall–Kier alpha value is -2.93. The van der Waals surface area contributed by atoms with E-state index in [1.807, 2.05) is 18.7 Å². The first kappa shape index (κ1) is 22.7. The minimum absolute atomic E-state index is 0.0208. The van der Waals surface area contributed by atoms with Crippen molar-refractivity contribution in [1.29, 1.82) is 0 Å². The number of nitrogens with one attached hydrogen (secondary N) is 1. The maximum Gasteiger partial charge on any atom is 0.260 e. The lowest BCUT2D eigenvalue weighted by molar-refractivity contribution is -0.134. The third kappa shape index (κ3) is 6.04. The monoisotopic (exact) mass is 428 g/mol. The summed E-state index contributed by atoms with van der Waals surface area (Å²) in [4.78, 5) is 26.7. The maximum atomic E-state index is 13.3. The van der Waals surface area contributed by atoms with Gasteiger partial charge in [0.2, 0.25) is 0 Å². The van der Waals surface area contributed by atoms with Gasteiger partial charge in [-0.1, -0.05) is 12.1 Å². The van der Waals surface area contributed by atoms with Crippen molar-refractivity contribution in [2.75, 3.05) is 26.2 Å². The van der Waals surface area contributed by atoms with Gasteiger partial charge in [-0.25, -0.2) is 4.39 Å². The minimum atomic E-state index is -1.01. The first-order valence-electron chi connectivity index (χ1n) is 10.6. The molecule has 31 heavy (non-hydrogen) atoms. The molecule has 166 valence electrons. The van der Waals surface area contributed by atoms with Gasteiger partial charge in [0, 0.05) is 25.2 Å². The number of aliphatic hydroxyl groups is 1. The van der Waals surface area contributed by atoms with Crippen LogP contribution < -0.4 is 10.1 Å². The summed E-state index contributed by atoms with van der Waals surface area (Å²) in [5.41, 5.74) is 2.33. The molecule has 0 saturated carbocycles. The molecule has 2 amide bonds. The number of rotatable bonds is 7. The Morgan fingerprint density at radius 2 is 1.81 bits per heavy atom. The van der Waals surface area contributed by atoms with Crippen LogP contribution in [0.25, 0.3) is 0 Å². The molecule has 7 heteroatoms. The molecular weight excluding hydrogens is 399 g/mol. The van der Waals surface area contributed by atoms with Gasteiger partial charge in [0.05, 0.1) is 6.10 Å².